The van der Waals surface area contributed by atoms with Crippen molar-refractivity contribution in [3.05, 3.63) is 23.4 Å². The van der Waals surface area contributed by atoms with Gasteiger partial charge in [-0.05, 0) is 44.3 Å². The van der Waals surface area contributed by atoms with Crippen LogP contribution in [0.15, 0.2) is 23.4 Å². The third-order valence-corrected chi connectivity index (χ3v) is 2.88. The molecule has 12 heavy (non-hydrogen) atoms. The Balaban J connectivity index is 2.24. The number of hydrogen-bond donors (Lipinski definition) is 0. The van der Waals surface area contributed by atoms with Crippen LogP contribution in [0.4, 0.5) is 0 Å². The Kier molecular flexibility index (Phi) is 2.20. The summed E-state index contributed by atoms with van der Waals surface area (Å²) in [5.41, 5.74) is 3.24. The maximum absolute atomic E-state index is 2.51. The number of rotatable bonds is 1. The van der Waals surface area contributed by atoms with Gasteiger partial charge in [-0.15, -0.1) is 0 Å². The Morgan fingerprint density at radius 1 is 1.42 bits per heavy atom. The zero-order chi connectivity index (χ0) is 8.39. The number of hydrogen-bond acceptors (Lipinski definition) is 1. The molecule has 0 aromatic heterocycles. The highest BCUT2D eigenvalue weighted by Gasteiger charge is 2.17. The minimum atomic E-state index is 1.17. The molecular weight excluding hydrogens is 146 g/mol. The maximum Gasteiger partial charge on any atom is 0.0354 e. The van der Waals surface area contributed by atoms with Crippen LogP contribution < -0.4 is 0 Å². The molecule has 0 aromatic carbocycles. The fourth-order valence-electron chi connectivity index (χ4n) is 2.21. The number of allylic oxidation sites excluding steroid dienone is 3. The zero-order valence-corrected chi connectivity index (χ0v) is 7.84. The highest BCUT2D eigenvalue weighted by molar-refractivity contribution is 5.30. The molecule has 0 bridgehead atoms. The van der Waals surface area contributed by atoms with E-state index in [2.05, 4.69) is 24.0 Å². The Morgan fingerprint density at radius 2 is 2.33 bits per heavy atom. The SMILES string of the molecule is CCN1CCCC2=C1C=CCC2. The largest absolute Gasteiger partial charge is 0.372 e. The van der Waals surface area contributed by atoms with Gasteiger partial charge < -0.3 is 4.90 Å². The third kappa shape index (κ3) is 1.28. The van der Waals surface area contributed by atoms with Crippen molar-refractivity contribution in [1.82, 2.24) is 4.90 Å². The quantitative estimate of drug-likeness (QED) is 0.574. The van der Waals surface area contributed by atoms with Crippen LogP contribution in [0.1, 0.15) is 32.6 Å². The van der Waals surface area contributed by atoms with Gasteiger partial charge in [0.1, 0.15) is 0 Å². The monoisotopic (exact) mass is 163 g/mol. The van der Waals surface area contributed by atoms with Gasteiger partial charge >= 0.3 is 0 Å². The molecule has 0 atom stereocenters. The summed E-state index contributed by atoms with van der Waals surface area (Å²) in [5, 5.41) is 0. The lowest BCUT2D eigenvalue weighted by Gasteiger charge is -2.33. The average molecular weight is 163 g/mol. The van der Waals surface area contributed by atoms with Crippen molar-refractivity contribution in [3.63, 3.8) is 0 Å². The smallest absolute Gasteiger partial charge is 0.0354 e. The molecule has 1 aliphatic heterocycles. The Labute approximate surface area is 74.8 Å². The predicted octanol–water partition coefficient (Wildman–Crippen LogP) is 2.71. The van der Waals surface area contributed by atoms with E-state index in [0.29, 0.717) is 0 Å². The van der Waals surface area contributed by atoms with Gasteiger partial charge in [0.25, 0.3) is 0 Å². The van der Waals surface area contributed by atoms with E-state index in [1.165, 1.54) is 44.5 Å². The minimum absolute atomic E-state index is 1.17. The van der Waals surface area contributed by atoms with Gasteiger partial charge in [0.15, 0.2) is 0 Å². The standard InChI is InChI=1S/C11H17N/c1-2-12-9-5-7-10-6-3-4-8-11(10)12/h4,8H,2-3,5-7,9H2,1H3. The van der Waals surface area contributed by atoms with Crippen LogP contribution in [0.5, 0.6) is 0 Å². The van der Waals surface area contributed by atoms with E-state index in [1.807, 2.05) is 0 Å². The first-order valence-electron chi connectivity index (χ1n) is 5.05. The Bertz CT molecular complexity index is 225. The topological polar surface area (TPSA) is 3.24 Å². The molecule has 1 heterocycles. The van der Waals surface area contributed by atoms with Crippen LogP contribution in [-0.2, 0) is 0 Å². The van der Waals surface area contributed by atoms with E-state index >= 15 is 0 Å². The van der Waals surface area contributed by atoms with Crippen molar-refractivity contribution in [2.45, 2.75) is 32.6 Å². The van der Waals surface area contributed by atoms with Gasteiger partial charge in [-0.1, -0.05) is 6.08 Å². The first kappa shape index (κ1) is 7.90. The second kappa shape index (κ2) is 3.34. The maximum atomic E-state index is 2.51. The highest BCUT2D eigenvalue weighted by atomic mass is 15.1. The van der Waals surface area contributed by atoms with Crippen molar-refractivity contribution in [2.75, 3.05) is 13.1 Å². The molecule has 1 nitrogen and oxygen atoms in total. The van der Waals surface area contributed by atoms with E-state index in [1.54, 1.807) is 5.57 Å². The summed E-state index contributed by atoms with van der Waals surface area (Å²) in [6, 6.07) is 0. The van der Waals surface area contributed by atoms with Crippen molar-refractivity contribution < 1.29 is 0 Å². The van der Waals surface area contributed by atoms with Crippen LogP contribution in [0, 0.1) is 0 Å². The summed E-state index contributed by atoms with van der Waals surface area (Å²) in [4.78, 5) is 2.51. The molecule has 0 unspecified atom stereocenters. The van der Waals surface area contributed by atoms with Gasteiger partial charge in [-0.2, -0.15) is 0 Å². The zero-order valence-electron chi connectivity index (χ0n) is 7.84. The molecule has 0 saturated heterocycles. The lowest BCUT2D eigenvalue weighted by molar-refractivity contribution is 0.337. The second-order valence-corrected chi connectivity index (χ2v) is 3.61. The molecule has 0 saturated carbocycles. The van der Waals surface area contributed by atoms with Gasteiger partial charge in [0.05, 0.1) is 0 Å². The molecule has 0 aromatic rings. The molecule has 0 amide bonds. The van der Waals surface area contributed by atoms with Crippen LogP contribution in [0.25, 0.3) is 0 Å². The average Bonchev–Trinajstić information content (AvgIpc) is 2.17. The third-order valence-electron chi connectivity index (χ3n) is 2.88. The van der Waals surface area contributed by atoms with E-state index < -0.39 is 0 Å². The Morgan fingerprint density at radius 3 is 3.17 bits per heavy atom. The van der Waals surface area contributed by atoms with Gasteiger partial charge in [0.2, 0.25) is 0 Å². The van der Waals surface area contributed by atoms with Crippen LogP contribution in [-0.4, -0.2) is 18.0 Å². The normalized spacial score (nSPS) is 22.9. The van der Waals surface area contributed by atoms with Crippen LogP contribution in [0.3, 0.4) is 0 Å². The fourth-order valence-corrected chi connectivity index (χ4v) is 2.21. The molecule has 2 aliphatic rings. The second-order valence-electron chi connectivity index (χ2n) is 3.61. The molecule has 2 rings (SSSR count). The molecule has 0 fully saturated rings. The summed E-state index contributed by atoms with van der Waals surface area (Å²) >= 11 is 0. The molecule has 1 aliphatic carbocycles. The highest BCUT2D eigenvalue weighted by Crippen LogP contribution is 2.29. The van der Waals surface area contributed by atoms with Gasteiger partial charge in [-0.3, -0.25) is 0 Å². The summed E-state index contributed by atoms with van der Waals surface area (Å²) in [7, 11) is 0. The summed E-state index contributed by atoms with van der Waals surface area (Å²) < 4.78 is 0. The molecular formula is C11H17N. The van der Waals surface area contributed by atoms with Crippen molar-refractivity contribution in [2.24, 2.45) is 0 Å². The van der Waals surface area contributed by atoms with E-state index in [9.17, 15) is 0 Å². The van der Waals surface area contributed by atoms with Crippen LogP contribution >= 0.6 is 0 Å². The van der Waals surface area contributed by atoms with E-state index in [-0.39, 0.29) is 0 Å². The van der Waals surface area contributed by atoms with Crippen molar-refractivity contribution in [1.29, 1.82) is 0 Å². The summed E-state index contributed by atoms with van der Waals surface area (Å²) in [6.45, 7) is 4.68. The Hall–Kier alpha value is -0.720. The summed E-state index contributed by atoms with van der Waals surface area (Å²) in [6.07, 6.45) is 9.91. The molecule has 1 heteroatoms. The van der Waals surface area contributed by atoms with Gasteiger partial charge in [-0.25, -0.2) is 0 Å². The van der Waals surface area contributed by atoms with Crippen molar-refractivity contribution in [3.8, 4) is 0 Å². The lowest BCUT2D eigenvalue weighted by atomic mass is 9.94. The first-order valence-corrected chi connectivity index (χ1v) is 5.05. The van der Waals surface area contributed by atoms with Crippen molar-refractivity contribution >= 4 is 0 Å². The predicted molar refractivity (Wildman–Crippen MR) is 51.9 cm³/mol. The van der Waals surface area contributed by atoms with E-state index in [0.717, 1.165) is 0 Å². The van der Waals surface area contributed by atoms with E-state index in [4.69, 9.17) is 0 Å². The minimum Gasteiger partial charge on any atom is -0.372 e. The summed E-state index contributed by atoms with van der Waals surface area (Å²) in [5.74, 6) is 0. The first-order chi connectivity index (χ1) is 5.92. The molecule has 0 N–H and O–H groups in total. The molecule has 0 radical (unpaired) electrons. The molecule has 0 spiro atoms. The molecule has 66 valence electrons. The lowest BCUT2D eigenvalue weighted by Crippen LogP contribution is -2.28. The van der Waals surface area contributed by atoms with Crippen LogP contribution in [0.2, 0.25) is 0 Å². The van der Waals surface area contributed by atoms with Gasteiger partial charge in [0, 0.05) is 18.8 Å². The fraction of sp³-hybridized carbons (Fsp3) is 0.636. The number of likely N-dealkylation sites (N-methyl/N-ethyl adjacent to an activating group) is 1. The number of nitrogens with zero attached hydrogens (tertiary/aromatic N) is 1.